The van der Waals surface area contributed by atoms with Crippen LogP contribution in [0.3, 0.4) is 0 Å². The van der Waals surface area contributed by atoms with Crippen LogP contribution in [-0.2, 0) is 20.8 Å². The van der Waals surface area contributed by atoms with E-state index in [-0.39, 0.29) is 37.8 Å². The summed E-state index contributed by atoms with van der Waals surface area (Å²) in [5, 5.41) is 5.66. The molecule has 0 saturated carbocycles. The first-order valence-corrected chi connectivity index (χ1v) is 13.5. The summed E-state index contributed by atoms with van der Waals surface area (Å²) in [5.41, 5.74) is 7.73. The molecule has 0 aliphatic carbocycles. The third-order valence-electron chi connectivity index (χ3n) is 6.88. The van der Waals surface area contributed by atoms with Gasteiger partial charge in [-0.15, -0.1) is 0 Å². The molecule has 2 aliphatic rings. The Morgan fingerprint density at radius 1 is 1.27 bits per heavy atom. The Hall–Kier alpha value is -2.14. The fourth-order valence-electron chi connectivity index (χ4n) is 5.06. The molecule has 0 bridgehead atoms. The van der Waals surface area contributed by atoms with E-state index in [1.807, 2.05) is 0 Å². The van der Waals surface area contributed by atoms with Crippen molar-refractivity contribution in [2.45, 2.75) is 57.1 Å². The van der Waals surface area contributed by atoms with Gasteiger partial charge < -0.3 is 35.5 Å². The van der Waals surface area contributed by atoms with Crippen molar-refractivity contribution in [3.63, 3.8) is 0 Å². The van der Waals surface area contributed by atoms with Crippen LogP contribution in [0.4, 0.5) is 14.0 Å². The molecule has 9 nitrogen and oxygen atoms in total. The van der Waals surface area contributed by atoms with Crippen LogP contribution in [-0.4, -0.2) is 76.2 Å². The number of likely N-dealkylation sites (tertiary alicyclic amines) is 1. The number of halogens is 2. The lowest BCUT2D eigenvalue weighted by atomic mass is 9.87. The van der Waals surface area contributed by atoms with Crippen LogP contribution in [0.25, 0.3) is 0 Å². The summed E-state index contributed by atoms with van der Waals surface area (Å²) < 4.78 is 30.3. The van der Waals surface area contributed by atoms with Gasteiger partial charge in [0.1, 0.15) is 12.4 Å². The largest absolute Gasteiger partial charge is 0.447 e. The van der Waals surface area contributed by atoms with Gasteiger partial charge in [0.15, 0.2) is 0 Å². The summed E-state index contributed by atoms with van der Waals surface area (Å²) in [7, 11) is 1.47. The predicted octanol–water partition coefficient (Wildman–Crippen LogP) is 3.77. The highest BCUT2D eigenvalue weighted by atomic mass is 35.5. The first kappa shape index (κ1) is 29.4. The molecule has 11 heteroatoms. The average molecular weight is 543 g/mol. The van der Waals surface area contributed by atoms with Gasteiger partial charge in [0, 0.05) is 56.9 Å². The van der Waals surface area contributed by atoms with E-state index in [0.717, 1.165) is 57.3 Å². The SMILES string of the molecule is CNC(=O)OCCOCc1cc(F)cc(Cl)c1[C@H]1CCCN(C(=O)NC[C@@H](N)C[C@H]2CCCCOC2)C1. The quantitative estimate of drug-likeness (QED) is 0.388. The van der Waals surface area contributed by atoms with Crippen LogP contribution in [0, 0.1) is 11.7 Å². The maximum absolute atomic E-state index is 14.2. The first-order chi connectivity index (χ1) is 17.9. The molecule has 3 amide bonds. The molecule has 2 saturated heterocycles. The van der Waals surface area contributed by atoms with Gasteiger partial charge in [-0.3, -0.25) is 0 Å². The Bertz CT molecular complexity index is 885. The molecule has 0 unspecified atom stereocenters. The number of hydrogen-bond acceptors (Lipinski definition) is 6. The molecular formula is C26H40ClFN4O5. The van der Waals surface area contributed by atoms with Gasteiger partial charge in [-0.05, 0) is 61.3 Å². The summed E-state index contributed by atoms with van der Waals surface area (Å²) in [4.78, 5) is 25.9. The van der Waals surface area contributed by atoms with E-state index in [0.29, 0.717) is 36.1 Å². The minimum atomic E-state index is -0.543. The number of hydrogen-bond donors (Lipinski definition) is 3. The normalized spacial score (nSPS) is 21.1. The summed E-state index contributed by atoms with van der Waals surface area (Å²) in [6.07, 6.45) is 5.27. The van der Waals surface area contributed by atoms with Crippen molar-refractivity contribution in [1.29, 1.82) is 0 Å². The first-order valence-electron chi connectivity index (χ1n) is 13.1. The highest BCUT2D eigenvalue weighted by Crippen LogP contribution is 2.35. The summed E-state index contributed by atoms with van der Waals surface area (Å²) in [6, 6.07) is 2.43. The molecule has 1 aromatic rings. The topological polar surface area (TPSA) is 115 Å². The van der Waals surface area contributed by atoms with E-state index >= 15 is 0 Å². The molecular weight excluding hydrogens is 503 g/mol. The Balaban J connectivity index is 1.53. The molecule has 1 aromatic carbocycles. The maximum Gasteiger partial charge on any atom is 0.406 e. The number of benzene rings is 1. The third-order valence-corrected chi connectivity index (χ3v) is 7.19. The van der Waals surface area contributed by atoms with Gasteiger partial charge in [-0.25, -0.2) is 14.0 Å². The average Bonchev–Trinajstić information content (AvgIpc) is 3.15. The van der Waals surface area contributed by atoms with Gasteiger partial charge in [-0.1, -0.05) is 18.0 Å². The second kappa shape index (κ2) is 15.3. The molecule has 3 atom stereocenters. The van der Waals surface area contributed by atoms with E-state index in [4.69, 9.17) is 31.5 Å². The number of amides is 3. The zero-order chi connectivity index (χ0) is 26.6. The monoisotopic (exact) mass is 542 g/mol. The van der Waals surface area contributed by atoms with E-state index in [2.05, 4.69) is 10.6 Å². The minimum absolute atomic E-state index is 0.0508. The van der Waals surface area contributed by atoms with Gasteiger partial charge >= 0.3 is 12.1 Å². The van der Waals surface area contributed by atoms with Crippen molar-refractivity contribution in [1.82, 2.24) is 15.5 Å². The summed E-state index contributed by atoms with van der Waals surface area (Å²) >= 11 is 6.48. The molecule has 0 radical (unpaired) electrons. The van der Waals surface area contributed by atoms with Crippen LogP contribution < -0.4 is 16.4 Å². The van der Waals surface area contributed by atoms with Crippen LogP contribution >= 0.6 is 11.6 Å². The standard InChI is InChI=1S/C26H40ClFN4O5/c1-30-26(34)37-10-9-36-17-20-12-21(28)13-23(27)24(20)19-6-4-7-32(15-19)25(33)31-14-22(29)11-18-5-2-3-8-35-16-18/h12-13,18-19,22H,2-11,14-17,29H2,1H3,(H,30,34)(H,31,33)/t18-,19+,22+/m1/s1. The molecule has 3 rings (SSSR count). The second-order valence-corrected chi connectivity index (χ2v) is 10.2. The molecule has 0 aromatic heterocycles. The lowest BCUT2D eigenvalue weighted by Gasteiger charge is -2.34. The third kappa shape index (κ3) is 9.59. The highest BCUT2D eigenvalue weighted by molar-refractivity contribution is 6.31. The Kier molecular flexibility index (Phi) is 12.2. The summed E-state index contributed by atoms with van der Waals surface area (Å²) in [6.45, 7) is 3.42. The van der Waals surface area contributed by atoms with Crippen molar-refractivity contribution in [2.24, 2.45) is 11.7 Å². The fourth-order valence-corrected chi connectivity index (χ4v) is 5.44. The molecule has 208 valence electrons. The molecule has 37 heavy (non-hydrogen) atoms. The highest BCUT2D eigenvalue weighted by Gasteiger charge is 2.28. The zero-order valence-electron chi connectivity index (χ0n) is 21.6. The number of piperidine rings is 1. The van der Waals surface area contributed by atoms with Crippen molar-refractivity contribution in [3.05, 3.63) is 34.1 Å². The molecule has 4 N–H and O–H groups in total. The lowest BCUT2D eigenvalue weighted by Crippen LogP contribution is -2.48. The van der Waals surface area contributed by atoms with Crippen molar-refractivity contribution >= 4 is 23.7 Å². The predicted molar refractivity (Wildman–Crippen MR) is 139 cm³/mol. The molecule has 2 heterocycles. The number of carbonyl (C=O) groups is 2. The number of nitrogens with zero attached hydrogens (tertiary/aromatic N) is 1. The summed E-state index contributed by atoms with van der Waals surface area (Å²) in [5.74, 6) is -0.0667. The number of rotatable bonds is 10. The van der Waals surface area contributed by atoms with Crippen LogP contribution in [0.2, 0.25) is 5.02 Å². The number of urea groups is 1. The minimum Gasteiger partial charge on any atom is -0.447 e. The van der Waals surface area contributed by atoms with Gasteiger partial charge in [0.2, 0.25) is 0 Å². The number of carbonyl (C=O) groups excluding carboxylic acids is 2. The van der Waals surface area contributed by atoms with E-state index in [1.54, 1.807) is 4.90 Å². The molecule has 2 fully saturated rings. The van der Waals surface area contributed by atoms with Gasteiger partial charge in [-0.2, -0.15) is 0 Å². The Morgan fingerprint density at radius 2 is 2.11 bits per heavy atom. The van der Waals surface area contributed by atoms with Crippen LogP contribution in [0.5, 0.6) is 0 Å². The van der Waals surface area contributed by atoms with E-state index in [1.165, 1.54) is 19.2 Å². The van der Waals surface area contributed by atoms with Crippen molar-refractivity contribution in [3.8, 4) is 0 Å². The Morgan fingerprint density at radius 3 is 2.92 bits per heavy atom. The zero-order valence-corrected chi connectivity index (χ0v) is 22.4. The van der Waals surface area contributed by atoms with E-state index in [9.17, 15) is 14.0 Å². The number of ether oxygens (including phenoxy) is 3. The fraction of sp³-hybridized carbons (Fsp3) is 0.692. The number of nitrogens with two attached hydrogens (primary N) is 1. The van der Waals surface area contributed by atoms with Crippen molar-refractivity contribution in [2.75, 3.05) is 53.1 Å². The number of alkyl carbamates (subject to hydrolysis) is 1. The van der Waals surface area contributed by atoms with Gasteiger partial charge in [0.25, 0.3) is 0 Å². The lowest BCUT2D eigenvalue weighted by molar-refractivity contribution is 0.0648. The smallest absolute Gasteiger partial charge is 0.406 e. The molecule has 2 aliphatic heterocycles. The number of nitrogens with one attached hydrogen (secondary N) is 2. The van der Waals surface area contributed by atoms with Gasteiger partial charge in [0.05, 0.1) is 13.2 Å². The molecule has 0 spiro atoms. The van der Waals surface area contributed by atoms with Crippen LogP contribution in [0.1, 0.15) is 55.6 Å². The maximum atomic E-state index is 14.2. The second-order valence-electron chi connectivity index (χ2n) is 9.80. The van der Waals surface area contributed by atoms with Crippen LogP contribution in [0.15, 0.2) is 12.1 Å². The van der Waals surface area contributed by atoms with Crippen molar-refractivity contribution < 1.29 is 28.2 Å². The van der Waals surface area contributed by atoms with E-state index < -0.39 is 11.9 Å². The Labute approximate surface area is 223 Å².